The van der Waals surface area contributed by atoms with Crippen molar-refractivity contribution >= 4 is 15.9 Å². The van der Waals surface area contributed by atoms with Crippen molar-refractivity contribution in [3.63, 3.8) is 0 Å². The molecule has 0 spiro atoms. The number of ether oxygens (including phenoxy) is 1. The van der Waals surface area contributed by atoms with Crippen LogP contribution in [0.2, 0.25) is 0 Å². The van der Waals surface area contributed by atoms with E-state index in [0.717, 1.165) is 33.5 Å². The van der Waals surface area contributed by atoms with E-state index in [4.69, 9.17) is 4.74 Å². The number of nitrogens with one attached hydrogen (secondary N) is 1. The molecule has 0 saturated heterocycles. The fourth-order valence-corrected chi connectivity index (χ4v) is 2.11. The second kappa shape index (κ2) is 7.00. The molecule has 0 bridgehead atoms. The number of nitrogens with zero attached hydrogens (tertiary/aromatic N) is 2. The summed E-state index contributed by atoms with van der Waals surface area (Å²) in [6, 6.07) is 4.74. The maximum Gasteiger partial charge on any atom is 0.321 e. The molecule has 1 aromatic carbocycles. The predicted molar refractivity (Wildman–Crippen MR) is 87.7 cm³/mol. The van der Waals surface area contributed by atoms with Crippen LogP contribution in [0.5, 0.6) is 11.8 Å². The monoisotopic (exact) mass is 349 g/mol. The predicted octanol–water partition coefficient (Wildman–Crippen LogP) is 4.15. The molecule has 0 saturated carbocycles. The van der Waals surface area contributed by atoms with Crippen LogP contribution in [0.1, 0.15) is 30.5 Å². The van der Waals surface area contributed by atoms with Crippen molar-refractivity contribution in [1.29, 1.82) is 0 Å². The average molecular weight is 350 g/mol. The van der Waals surface area contributed by atoms with Gasteiger partial charge in [0.15, 0.2) is 0 Å². The number of aryl methyl sites for hydroxylation is 2. The Morgan fingerprint density at radius 1 is 1.14 bits per heavy atom. The van der Waals surface area contributed by atoms with E-state index in [0.29, 0.717) is 12.1 Å². The van der Waals surface area contributed by atoms with Crippen LogP contribution in [0.25, 0.3) is 0 Å². The molecule has 1 N–H and O–H groups in total. The van der Waals surface area contributed by atoms with Gasteiger partial charge in [-0.25, -0.2) is 9.97 Å². The zero-order valence-corrected chi connectivity index (χ0v) is 14.4. The maximum atomic E-state index is 5.71. The van der Waals surface area contributed by atoms with Crippen molar-refractivity contribution in [2.75, 3.05) is 0 Å². The van der Waals surface area contributed by atoms with Gasteiger partial charge in [-0.05, 0) is 37.1 Å². The smallest absolute Gasteiger partial charge is 0.321 e. The van der Waals surface area contributed by atoms with E-state index < -0.39 is 0 Å². The molecule has 1 aromatic heterocycles. The van der Waals surface area contributed by atoms with Crippen LogP contribution in [0.4, 0.5) is 0 Å². The van der Waals surface area contributed by atoms with E-state index >= 15 is 0 Å². The first-order chi connectivity index (χ1) is 9.95. The standard InChI is InChI=1S/C16H20BrN3O/c1-10(2)18-7-13-8-19-16(20-9-13)21-14-5-11(3)15(17)12(4)6-14/h5-6,8-10,18H,7H2,1-4H3. The number of hydrogen-bond donors (Lipinski definition) is 1. The van der Waals surface area contributed by atoms with Gasteiger partial charge in [0.1, 0.15) is 5.75 Å². The van der Waals surface area contributed by atoms with Crippen LogP contribution in [-0.2, 0) is 6.54 Å². The van der Waals surface area contributed by atoms with Crippen molar-refractivity contribution in [3.8, 4) is 11.8 Å². The fourth-order valence-electron chi connectivity index (χ4n) is 1.88. The first-order valence-corrected chi connectivity index (χ1v) is 7.74. The van der Waals surface area contributed by atoms with E-state index in [1.165, 1.54) is 0 Å². The molecule has 0 fully saturated rings. The number of aromatic nitrogens is 2. The van der Waals surface area contributed by atoms with E-state index in [2.05, 4.69) is 45.1 Å². The van der Waals surface area contributed by atoms with Gasteiger partial charge in [-0.1, -0.05) is 29.8 Å². The summed E-state index contributed by atoms with van der Waals surface area (Å²) in [6.45, 7) is 9.04. The minimum Gasteiger partial charge on any atom is -0.424 e. The Hall–Kier alpha value is -1.46. The lowest BCUT2D eigenvalue weighted by Gasteiger charge is -2.10. The summed E-state index contributed by atoms with van der Waals surface area (Å²) in [4.78, 5) is 8.50. The number of benzene rings is 1. The van der Waals surface area contributed by atoms with Crippen molar-refractivity contribution in [3.05, 3.63) is 45.7 Å². The topological polar surface area (TPSA) is 47.0 Å². The second-order valence-corrected chi connectivity index (χ2v) is 6.18. The van der Waals surface area contributed by atoms with Crippen LogP contribution >= 0.6 is 15.9 Å². The highest BCUT2D eigenvalue weighted by Gasteiger charge is 2.06. The Morgan fingerprint density at radius 2 is 1.71 bits per heavy atom. The molecule has 112 valence electrons. The molecule has 0 aliphatic rings. The fraction of sp³-hybridized carbons (Fsp3) is 0.375. The van der Waals surface area contributed by atoms with Crippen LogP contribution in [0, 0.1) is 13.8 Å². The molecule has 4 nitrogen and oxygen atoms in total. The largest absolute Gasteiger partial charge is 0.424 e. The lowest BCUT2D eigenvalue weighted by atomic mass is 10.1. The molecule has 5 heteroatoms. The molecule has 0 atom stereocenters. The molecule has 2 aromatic rings. The van der Waals surface area contributed by atoms with E-state index in [-0.39, 0.29) is 0 Å². The highest BCUT2D eigenvalue weighted by Crippen LogP contribution is 2.28. The number of hydrogen-bond acceptors (Lipinski definition) is 4. The quantitative estimate of drug-likeness (QED) is 0.880. The van der Waals surface area contributed by atoms with E-state index in [1.54, 1.807) is 12.4 Å². The molecular formula is C16H20BrN3O. The SMILES string of the molecule is Cc1cc(Oc2ncc(CNC(C)C)cn2)cc(C)c1Br. The summed E-state index contributed by atoms with van der Waals surface area (Å²) in [6.07, 6.45) is 3.58. The first-order valence-electron chi connectivity index (χ1n) is 6.94. The van der Waals surface area contributed by atoms with Gasteiger partial charge in [0.2, 0.25) is 0 Å². The van der Waals surface area contributed by atoms with Gasteiger partial charge >= 0.3 is 6.01 Å². The summed E-state index contributed by atoms with van der Waals surface area (Å²) in [5.74, 6) is 0.751. The number of halogens is 1. The minimum absolute atomic E-state index is 0.365. The Balaban J connectivity index is 2.06. The van der Waals surface area contributed by atoms with Gasteiger partial charge < -0.3 is 10.1 Å². The lowest BCUT2D eigenvalue weighted by Crippen LogP contribution is -2.21. The molecular weight excluding hydrogens is 330 g/mol. The van der Waals surface area contributed by atoms with Gasteiger partial charge in [0.25, 0.3) is 0 Å². The van der Waals surface area contributed by atoms with Crippen molar-refractivity contribution in [2.24, 2.45) is 0 Å². The summed E-state index contributed by atoms with van der Waals surface area (Å²) < 4.78 is 6.81. The Labute approximate surface area is 134 Å². The van der Waals surface area contributed by atoms with Gasteiger partial charge in [0, 0.05) is 35.0 Å². The maximum absolute atomic E-state index is 5.71. The van der Waals surface area contributed by atoms with Gasteiger partial charge in [-0.2, -0.15) is 0 Å². The second-order valence-electron chi connectivity index (χ2n) is 5.38. The molecule has 0 aliphatic carbocycles. The third kappa shape index (κ3) is 4.51. The molecule has 0 unspecified atom stereocenters. The zero-order valence-electron chi connectivity index (χ0n) is 12.8. The summed E-state index contributed by atoms with van der Waals surface area (Å²) >= 11 is 3.54. The van der Waals surface area contributed by atoms with Crippen LogP contribution < -0.4 is 10.1 Å². The van der Waals surface area contributed by atoms with E-state index in [1.807, 2.05) is 26.0 Å². The van der Waals surface area contributed by atoms with Gasteiger partial charge in [-0.15, -0.1) is 0 Å². The Kier molecular flexibility index (Phi) is 5.31. The summed E-state index contributed by atoms with van der Waals surface area (Å²) in [7, 11) is 0. The molecule has 1 heterocycles. The Bertz CT molecular complexity index is 588. The van der Waals surface area contributed by atoms with Crippen molar-refractivity contribution in [1.82, 2.24) is 15.3 Å². The summed E-state index contributed by atoms with van der Waals surface area (Å²) in [5.41, 5.74) is 3.30. The van der Waals surface area contributed by atoms with E-state index in [9.17, 15) is 0 Å². The molecule has 0 amide bonds. The zero-order chi connectivity index (χ0) is 15.4. The highest BCUT2D eigenvalue weighted by molar-refractivity contribution is 9.10. The minimum atomic E-state index is 0.365. The first kappa shape index (κ1) is 15.9. The highest BCUT2D eigenvalue weighted by atomic mass is 79.9. The molecule has 21 heavy (non-hydrogen) atoms. The normalized spacial score (nSPS) is 11.0. The third-order valence-electron chi connectivity index (χ3n) is 3.02. The third-order valence-corrected chi connectivity index (χ3v) is 4.27. The van der Waals surface area contributed by atoms with Crippen molar-refractivity contribution < 1.29 is 4.74 Å². The lowest BCUT2D eigenvalue weighted by molar-refractivity contribution is 0.439. The van der Waals surface area contributed by atoms with Crippen LogP contribution in [0.15, 0.2) is 29.0 Å². The molecule has 0 aliphatic heterocycles. The number of rotatable bonds is 5. The molecule has 2 rings (SSSR count). The van der Waals surface area contributed by atoms with Crippen LogP contribution in [-0.4, -0.2) is 16.0 Å². The molecule has 0 radical (unpaired) electrons. The van der Waals surface area contributed by atoms with Gasteiger partial charge in [0.05, 0.1) is 0 Å². The summed E-state index contributed by atoms with van der Waals surface area (Å²) in [5, 5.41) is 3.33. The van der Waals surface area contributed by atoms with Crippen molar-refractivity contribution in [2.45, 2.75) is 40.3 Å². The van der Waals surface area contributed by atoms with Crippen LogP contribution in [0.3, 0.4) is 0 Å². The Morgan fingerprint density at radius 3 is 2.24 bits per heavy atom. The van der Waals surface area contributed by atoms with Gasteiger partial charge in [-0.3, -0.25) is 0 Å². The average Bonchev–Trinajstić information content (AvgIpc) is 2.44.